The van der Waals surface area contributed by atoms with Crippen LogP contribution in [0.4, 0.5) is 0 Å². The zero-order chi connectivity index (χ0) is 17.9. The van der Waals surface area contributed by atoms with E-state index in [1.807, 2.05) is 13.8 Å². The van der Waals surface area contributed by atoms with Gasteiger partial charge in [-0.2, -0.15) is 0 Å². The summed E-state index contributed by atoms with van der Waals surface area (Å²) in [4.78, 5) is 11.2. The van der Waals surface area contributed by atoms with Gasteiger partial charge >= 0.3 is 0 Å². The van der Waals surface area contributed by atoms with Crippen molar-refractivity contribution in [2.24, 2.45) is 17.0 Å². The molecule has 2 saturated carbocycles. The van der Waals surface area contributed by atoms with Gasteiger partial charge in [-0.3, -0.25) is 4.79 Å². The van der Waals surface area contributed by atoms with Gasteiger partial charge in [0.15, 0.2) is 11.6 Å². The highest BCUT2D eigenvalue weighted by molar-refractivity contribution is 5.86. The summed E-state index contributed by atoms with van der Waals surface area (Å²) in [6.45, 7) is 6.74. The molecular formula is C18H29NO6. The third-order valence-corrected chi connectivity index (χ3v) is 5.62. The average Bonchev–Trinajstić information content (AvgIpc) is 3.23. The Balaban J connectivity index is 0.000000146. The number of carbonyl (C=O) groups excluding carboxylic acids is 1. The quantitative estimate of drug-likeness (QED) is 0.531. The van der Waals surface area contributed by atoms with Gasteiger partial charge in [0.05, 0.1) is 32.1 Å². The van der Waals surface area contributed by atoms with Gasteiger partial charge in [-0.15, -0.1) is 0 Å². The predicted molar refractivity (Wildman–Crippen MR) is 89.5 cm³/mol. The highest BCUT2D eigenvalue weighted by Gasteiger charge is 2.43. The Kier molecular flexibility index (Phi) is 5.78. The molecule has 4 fully saturated rings. The molecule has 2 saturated heterocycles. The first-order valence-electron chi connectivity index (χ1n) is 9.27. The minimum atomic E-state index is -0.396. The Hall–Kier alpha value is -1.02. The topological polar surface area (TPSA) is 86.6 Å². The number of ketones is 1. The molecule has 7 heteroatoms. The van der Waals surface area contributed by atoms with E-state index in [-0.39, 0.29) is 17.6 Å². The summed E-state index contributed by atoms with van der Waals surface area (Å²) < 4.78 is 22.2. The fourth-order valence-corrected chi connectivity index (χ4v) is 4.16. The molecule has 0 aromatic carbocycles. The third kappa shape index (κ3) is 4.22. The Morgan fingerprint density at radius 2 is 1.36 bits per heavy atom. The van der Waals surface area contributed by atoms with Crippen LogP contribution in [0.1, 0.15) is 52.4 Å². The lowest BCUT2D eigenvalue weighted by atomic mass is 9.84. The largest absolute Gasteiger partial charge is 0.411 e. The summed E-state index contributed by atoms with van der Waals surface area (Å²) in [5, 5.41) is 12.0. The van der Waals surface area contributed by atoms with Crippen LogP contribution < -0.4 is 0 Å². The molecule has 7 nitrogen and oxygen atoms in total. The van der Waals surface area contributed by atoms with E-state index in [9.17, 15) is 4.79 Å². The normalized spacial score (nSPS) is 35.1. The Labute approximate surface area is 148 Å². The number of nitrogens with zero attached hydrogens (tertiary/aromatic N) is 1. The second kappa shape index (κ2) is 7.70. The van der Waals surface area contributed by atoms with Crippen LogP contribution in [0, 0.1) is 11.8 Å². The minimum Gasteiger partial charge on any atom is -0.411 e. The highest BCUT2D eigenvalue weighted by atomic mass is 16.7. The van der Waals surface area contributed by atoms with Gasteiger partial charge < -0.3 is 24.2 Å². The number of carbonyl (C=O) groups is 1. The van der Waals surface area contributed by atoms with Crippen molar-refractivity contribution in [2.75, 3.05) is 26.4 Å². The zero-order valence-electron chi connectivity index (χ0n) is 15.2. The lowest BCUT2D eigenvalue weighted by molar-refractivity contribution is -0.187. The first kappa shape index (κ1) is 18.8. The summed E-state index contributed by atoms with van der Waals surface area (Å²) in [6.07, 6.45) is 4.50. The summed E-state index contributed by atoms with van der Waals surface area (Å²) in [5.41, 5.74) is 0.865. The van der Waals surface area contributed by atoms with Crippen LogP contribution in [-0.2, 0) is 23.7 Å². The number of Topliss-reactive ketones (excluding diaryl/α,β-unsaturated/α-hetero) is 1. The second-order valence-electron chi connectivity index (χ2n) is 7.48. The number of hydrogen-bond donors (Lipinski definition) is 1. The molecule has 0 radical (unpaired) electrons. The van der Waals surface area contributed by atoms with Gasteiger partial charge in [-0.05, 0) is 6.42 Å². The minimum absolute atomic E-state index is 0.108. The fraction of sp³-hybridized carbons (Fsp3) is 0.889. The van der Waals surface area contributed by atoms with Crippen molar-refractivity contribution in [3.8, 4) is 0 Å². The average molecular weight is 355 g/mol. The van der Waals surface area contributed by atoms with Crippen molar-refractivity contribution in [3.63, 3.8) is 0 Å². The number of ether oxygens (including phenoxy) is 4. The van der Waals surface area contributed by atoms with E-state index in [0.29, 0.717) is 38.6 Å². The fourth-order valence-electron chi connectivity index (χ4n) is 4.16. The molecule has 1 N–H and O–H groups in total. The summed E-state index contributed by atoms with van der Waals surface area (Å²) >= 11 is 0. The standard InChI is InChI=1S/C9H15NO3.C9H14O3/c1-7-6-9(12-4-5-13-9)3-2-8(7)10-11;1-7-6-9(3-2-8(7)10)11-4-5-12-9/h7,11H,2-6H2,1H3;7H,2-6H2,1H3/b10-8+;. The van der Waals surface area contributed by atoms with E-state index in [1.165, 1.54) is 0 Å². The van der Waals surface area contributed by atoms with E-state index >= 15 is 0 Å². The molecule has 0 aromatic rings. The Morgan fingerprint density at radius 3 is 1.80 bits per heavy atom. The van der Waals surface area contributed by atoms with E-state index < -0.39 is 5.79 Å². The first-order valence-corrected chi connectivity index (χ1v) is 9.27. The van der Waals surface area contributed by atoms with E-state index in [2.05, 4.69) is 5.16 Å². The van der Waals surface area contributed by atoms with Crippen LogP contribution >= 0.6 is 0 Å². The molecule has 0 amide bonds. The molecular weight excluding hydrogens is 326 g/mol. The summed E-state index contributed by atoms with van der Waals surface area (Å²) in [6, 6.07) is 0. The maximum Gasteiger partial charge on any atom is 0.169 e. The molecule has 4 rings (SSSR count). The van der Waals surface area contributed by atoms with Crippen LogP contribution in [0.25, 0.3) is 0 Å². The van der Waals surface area contributed by atoms with E-state index in [0.717, 1.165) is 37.8 Å². The Bertz CT molecular complexity index is 508. The first-order chi connectivity index (χ1) is 12.0. The zero-order valence-corrected chi connectivity index (χ0v) is 15.2. The summed E-state index contributed by atoms with van der Waals surface area (Å²) in [7, 11) is 0. The lowest BCUT2D eigenvalue weighted by Gasteiger charge is -2.34. The van der Waals surface area contributed by atoms with Crippen LogP contribution in [0.2, 0.25) is 0 Å². The van der Waals surface area contributed by atoms with Gasteiger partial charge in [0.2, 0.25) is 0 Å². The maximum atomic E-state index is 11.2. The van der Waals surface area contributed by atoms with Crippen LogP contribution in [0.3, 0.4) is 0 Å². The highest BCUT2D eigenvalue weighted by Crippen LogP contribution is 2.38. The van der Waals surface area contributed by atoms with Gasteiger partial charge in [0, 0.05) is 43.9 Å². The smallest absolute Gasteiger partial charge is 0.169 e. The van der Waals surface area contributed by atoms with Crippen LogP contribution in [-0.4, -0.2) is 54.7 Å². The Morgan fingerprint density at radius 1 is 0.880 bits per heavy atom. The molecule has 142 valence electrons. The molecule has 25 heavy (non-hydrogen) atoms. The molecule has 2 atom stereocenters. The van der Waals surface area contributed by atoms with E-state index in [1.54, 1.807) is 0 Å². The van der Waals surface area contributed by atoms with Crippen molar-refractivity contribution in [3.05, 3.63) is 0 Å². The van der Waals surface area contributed by atoms with Crippen molar-refractivity contribution >= 4 is 11.5 Å². The maximum absolute atomic E-state index is 11.2. The molecule has 2 aliphatic heterocycles. The number of hydrogen-bond acceptors (Lipinski definition) is 7. The van der Waals surface area contributed by atoms with Gasteiger partial charge in [0.1, 0.15) is 5.78 Å². The van der Waals surface area contributed by atoms with Gasteiger partial charge in [0.25, 0.3) is 0 Å². The molecule has 0 aromatic heterocycles. The molecule has 2 aliphatic carbocycles. The van der Waals surface area contributed by atoms with Crippen molar-refractivity contribution in [2.45, 2.75) is 63.9 Å². The molecule has 4 aliphatic rings. The van der Waals surface area contributed by atoms with E-state index in [4.69, 9.17) is 24.2 Å². The molecule has 0 bridgehead atoms. The summed E-state index contributed by atoms with van der Waals surface area (Å²) in [5.74, 6) is -0.0468. The number of oxime groups is 1. The SMILES string of the molecule is CC1CC2(CC/C1=N\O)OCCO2.CC1CC2(CCC1=O)OCCO2. The van der Waals surface area contributed by atoms with Gasteiger partial charge in [-0.1, -0.05) is 19.0 Å². The van der Waals surface area contributed by atoms with Crippen LogP contribution in [0.5, 0.6) is 0 Å². The third-order valence-electron chi connectivity index (χ3n) is 5.62. The van der Waals surface area contributed by atoms with Crippen LogP contribution in [0.15, 0.2) is 5.16 Å². The lowest BCUT2D eigenvalue weighted by Crippen LogP contribution is -2.39. The van der Waals surface area contributed by atoms with Crippen molar-refractivity contribution < 1.29 is 28.9 Å². The molecule has 2 spiro atoms. The van der Waals surface area contributed by atoms with Crippen molar-refractivity contribution in [1.29, 1.82) is 0 Å². The second-order valence-corrected chi connectivity index (χ2v) is 7.48. The monoisotopic (exact) mass is 355 g/mol. The van der Waals surface area contributed by atoms with Gasteiger partial charge in [-0.25, -0.2) is 0 Å². The number of rotatable bonds is 0. The predicted octanol–water partition coefficient (Wildman–Crippen LogP) is 2.50. The van der Waals surface area contributed by atoms with Crippen molar-refractivity contribution in [1.82, 2.24) is 0 Å². The molecule has 2 unspecified atom stereocenters. The molecule has 2 heterocycles.